The Morgan fingerprint density at radius 2 is 1.79 bits per heavy atom. The molecule has 4 aliphatic carbocycles. The van der Waals surface area contributed by atoms with E-state index in [9.17, 15) is 22.8 Å². The minimum Gasteiger partial charge on any atom is -0.384 e. The Labute approximate surface area is 220 Å². The largest absolute Gasteiger partial charge is 0.384 e. The van der Waals surface area contributed by atoms with Gasteiger partial charge in [0.05, 0.1) is 22.9 Å². The van der Waals surface area contributed by atoms with Gasteiger partial charge < -0.3 is 20.1 Å². The van der Waals surface area contributed by atoms with Crippen molar-refractivity contribution in [1.82, 2.24) is 14.8 Å². The van der Waals surface area contributed by atoms with Crippen molar-refractivity contribution in [2.45, 2.75) is 57.0 Å². The van der Waals surface area contributed by atoms with Crippen LogP contribution in [0.15, 0.2) is 35.3 Å². The maximum absolute atomic E-state index is 14.8. The van der Waals surface area contributed by atoms with Crippen LogP contribution in [0.25, 0.3) is 0 Å². The molecule has 4 saturated carbocycles. The number of nitrogens with one attached hydrogen (secondary N) is 2. The smallest absolute Gasteiger partial charge is 0.266 e. The summed E-state index contributed by atoms with van der Waals surface area (Å²) >= 11 is 0. The van der Waals surface area contributed by atoms with Crippen molar-refractivity contribution >= 4 is 11.6 Å². The fourth-order valence-corrected chi connectivity index (χ4v) is 7.46. The van der Waals surface area contributed by atoms with Crippen molar-refractivity contribution in [3.05, 3.63) is 63.3 Å². The Bertz CT molecular complexity index is 1280. The summed E-state index contributed by atoms with van der Waals surface area (Å²) in [4.78, 5) is 29.0. The zero-order valence-corrected chi connectivity index (χ0v) is 21.9. The number of benzene rings is 1. The number of pyridine rings is 1. The molecule has 5 aliphatic rings. The first kappa shape index (κ1) is 25.5. The van der Waals surface area contributed by atoms with Crippen molar-refractivity contribution in [1.29, 1.82) is 0 Å². The quantitative estimate of drug-likeness (QED) is 0.510. The highest BCUT2D eigenvalue weighted by molar-refractivity contribution is 5.99. The zero-order chi connectivity index (χ0) is 26.8. The van der Waals surface area contributed by atoms with E-state index in [1.54, 1.807) is 17.7 Å². The molecule has 1 saturated heterocycles. The number of aromatic nitrogens is 1. The van der Waals surface area contributed by atoms with E-state index in [-0.39, 0.29) is 16.7 Å². The van der Waals surface area contributed by atoms with Gasteiger partial charge in [-0.05, 0) is 69.7 Å². The molecule has 1 aromatic carbocycles. The van der Waals surface area contributed by atoms with Crippen molar-refractivity contribution in [3.8, 4) is 0 Å². The zero-order valence-electron chi connectivity index (χ0n) is 21.9. The number of hydrogen-bond acceptors (Lipinski definition) is 4. The highest BCUT2D eigenvalue weighted by Gasteiger charge is 2.58. The van der Waals surface area contributed by atoms with E-state index in [0.717, 1.165) is 51.3 Å². The first-order valence-electron chi connectivity index (χ1n) is 13.7. The first-order chi connectivity index (χ1) is 18.1. The van der Waals surface area contributed by atoms with Crippen LogP contribution in [-0.2, 0) is 5.54 Å². The lowest BCUT2D eigenvalue weighted by Crippen LogP contribution is -2.62. The molecular formula is C29H35F3N4O2. The SMILES string of the molecule is C[C@@H](NC(=O)c1cn(C23CC(C2)C3)c(=O)cc1NCC1C[C@@H]2CN(C)C[C@@H]2C1)c1cccc(C(F)F)c1F. The fraction of sp³-hybridized carbons (Fsp3) is 0.586. The number of fused-ring (bicyclic) bond motifs is 1. The van der Waals surface area contributed by atoms with Crippen LogP contribution in [0.4, 0.5) is 18.9 Å². The second-order valence-electron chi connectivity index (χ2n) is 12.2. The minimum atomic E-state index is -2.94. The second kappa shape index (κ2) is 9.43. The maximum Gasteiger partial charge on any atom is 0.266 e. The van der Waals surface area contributed by atoms with Crippen LogP contribution in [-0.4, -0.2) is 42.1 Å². The average molecular weight is 529 g/mol. The van der Waals surface area contributed by atoms with E-state index in [1.165, 1.54) is 18.2 Å². The lowest BCUT2D eigenvalue weighted by molar-refractivity contribution is -0.0914. The lowest BCUT2D eigenvalue weighted by atomic mass is 9.49. The Balaban J connectivity index is 1.23. The van der Waals surface area contributed by atoms with Gasteiger partial charge in [-0.15, -0.1) is 0 Å². The molecule has 2 bridgehead atoms. The third kappa shape index (κ3) is 4.32. The van der Waals surface area contributed by atoms with Gasteiger partial charge in [-0.2, -0.15) is 0 Å². The number of carbonyl (C=O) groups is 1. The highest BCUT2D eigenvalue weighted by atomic mass is 19.3. The molecule has 38 heavy (non-hydrogen) atoms. The predicted molar refractivity (Wildman–Crippen MR) is 139 cm³/mol. The molecule has 9 heteroatoms. The summed E-state index contributed by atoms with van der Waals surface area (Å²) in [6.45, 7) is 4.49. The summed E-state index contributed by atoms with van der Waals surface area (Å²) in [7, 11) is 2.16. The molecule has 0 radical (unpaired) electrons. The van der Waals surface area contributed by atoms with Crippen LogP contribution >= 0.6 is 0 Å². The number of anilines is 1. The predicted octanol–water partition coefficient (Wildman–Crippen LogP) is 4.92. The highest BCUT2D eigenvalue weighted by Crippen LogP contribution is 2.61. The topological polar surface area (TPSA) is 66.4 Å². The van der Waals surface area contributed by atoms with Gasteiger partial charge in [0.25, 0.3) is 17.9 Å². The molecule has 1 aromatic heterocycles. The number of amides is 1. The fourth-order valence-electron chi connectivity index (χ4n) is 7.46. The monoisotopic (exact) mass is 528 g/mol. The van der Waals surface area contributed by atoms with Crippen LogP contribution in [0.1, 0.15) is 73.0 Å². The van der Waals surface area contributed by atoms with E-state index in [0.29, 0.717) is 41.5 Å². The van der Waals surface area contributed by atoms with Gasteiger partial charge in [0.2, 0.25) is 0 Å². The maximum atomic E-state index is 14.8. The summed E-state index contributed by atoms with van der Waals surface area (Å²) in [5, 5.41) is 6.18. The van der Waals surface area contributed by atoms with Crippen LogP contribution in [0, 0.1) is 29.5 Å². The third-order valence-corrected chi connectivity index (χ3v) is 9.54. The number of carbonyl (C=O) groups excluding carboxylic acids is 1. The van der Waals surface area contributed by atoms with Gasteiger partial charge in [0, 0.05) is 43.0 Å². The Morgan fingerprint density at radius 3 is 2.39 bits per heavy atom. The molecule has 2 aromatic rings. The van der Waals surface area contributed by atoms with Gasteiger partial charge in [0.15, 0.2) is 0 Å². The van der Waals surface area contributed by atoms with Crippen LogP contribution < -0.4 is 16.2 Å². The van der Waals surface area contributed by atoms with E-state index < -0.39 is 29.8 Å². The summed E-state index contributed by atoms with van der Waals surface area (Å²) < 4.78 is 42.9. The van der Waals surface area contributed by atoms with E-state index in [1.807, 2.05) is 0 Å². The Hall–Kier alpha value is -2.81. The standard InChI is InChI=1S/C29H35F3N4O2/c1-16(21-4-3-5-22(26(21)30)27(31)32)34-28(38)23-15-36(29-9-18(10-29)11-29)25(37)8-24(23)33-12-17-6-19-13-35(2)14-20(19)7-17/h3-5,8,15-20,27,33H,6-7,9-14H2,1-2H3,(H,34,38)/t16-,17?,18?,19-,20+,29?/m1/s1. The van der Waals surface area contributed by atoms with Crippen LogP contribution in [0.2, 0.25) is 0 Å². The number of hydrogen-bond donors (Lipinski definition) is 2. The van der Waals surface area contributed by atoms with Crippen molar-refractivity contribution in [2.24, 2.45) is 23.7 Å². The lowest BCUT2D eigenvalue weighted by Gasteiger charge is -2.62. The normalized spacial score (nSPS) is 30.5. The number of nitrogens with zero attached hydrogens (tertiary/aromatic N) is 2. The molecule has 4 atom stereocenters. The second-order valence-corrected chi connectivity index (χ2v) is 12.2. The van der Waals surface area contributed by atoms with Crippen LogP contribution in [0.5, 0.6) is 0 Å². The van der Waals surface area contributed by atoms with E-state index in [2.05, 4.69) is 22.6 Å². The van der Waals surface area contributed by atoms with E-state index >= 15 is 0 Å². The average Bonchev–Trinajstić information content (AvgIpc) is 3.33. The van der Waals surface area contributed by atoms with Gasteiger partial charge in [-0.1, -0.05) is 18.2 Å². The molecule has 2 N–H and O–H groups in total. The first-order valence-corrected chi connectivity index (χ1v) is 13.7. The molecule has 5 fully saturated rings. The number of halogens is 3. The van der Waals surface area contributed by atoms with Gasteiger partial charge in [0.1, 0.15) is 5.82 Å². The Morgan fingerprint density at radius 1 is 1.13 bits per heavy atom. The van der Waals surface area contributed by atoms with Crippen molar-refractivity contribution in [3.63, 3.8) is 0 Å². The van der Waals surface area contributed by atoms with Crippen LogP contribution in [0.3, 0.4) is 0 Å². The van der Waals surface area contributed by atoms with E-state index in [4.69, 9.17) is 0 Å². The Kier molecular flexibility index (Phi) is 6.32. The third-order valence-electron chi connectivity index (χ3n) is 9.54. The summed E-state index contributed by atoms with van der Waals surface area (Å²) in [6.07, 6.45) is 3.79. The number of rotatable bonds is 8. The molecule has 1 amide bonds. The molecule has 6 nitrogen and oxygen atoms in total. The molecule has 204 valence electrons. The number of likely N-dealkylation sites (tertiary alicyclic amines) is 1. The molecule has 7 rings (SSSR count). The molecule has 0 spiro atoms. The molecule has 1 aliphatic heterocycles. The van der Waals surface area contributed by atoms with Crippen molar-refractivity contribution < 1.29 is 18.0 Å². The van der Waals surface area contributed by atoms with Gasteiger partial charge in [-0.25, -0.2) is 13.2 Å². The summed E-state index contributed by atoms with van der Waals surface area (Å²) in [5.41, 5.74) is -0.219. The van der Waals surface area contributed by atoms with Gasteiger partial charge in [-0.3, -0.25) is 9.59 Å². The minimum absolute atomic E-state index is 0.000802. The summed E-state index contributed by atoms with van der Waals surface area (Å²) in [5.74, 6) is 1.05. The molecule has 1 unspecified atom stereocenters. The molecular weight excluding hydrogens is 493 g/mol. The van der Waals surface area contributed by atoms with Gasteiger partial charge >= 0.3 is 0 Å². The summed E-state index contributed by atoms with van der Waals surface area (Å²) in [6, 6.07) is 4.50. The molecule has 2 heterocycles. The number of alkyl halides is 2. The van der Waals surface area contributed by atoms with Crippen molar-refractivity contribution in [2.75, 3.05) is 32.0 Å².